The van der Waals surface area contributed by atoms with Crippen molar-refractivity contribution in [3.8, 4) is 5.75 Å². The van der Waals surface area contributed by atoms with E-state index in [1.54, 1.807) is 6.92 Å². The Balaban J connectivity index is 2.49. The number of nitrogens with two attached hydrogens (primary N) is 1. The lowest BCUT2D eigenvalue weighted by Crippen LogP contribution is -2.41. The van der Waals surface area contributed by atoms with Gasteiger partial charge in [-0.25, -0.2) is 10.7 Å². The first-order valence-electron chi connectivity index (χ1n) is 6.45. The molecule has 23 heavy (non-hydrogen) atoms. The van der Waals surface area contributed by atoms with E-state index in [1.165, 1.54) is 19.1 Å². The van der Waals surface area contributed by atoms with Gasteiger partial charge in [0.2, 0.25) is 12.4 Å². The number of alkyl halides is 3. The summed E-state index contributed by atoms with van der Waals surface area (Å²) in [5.74, 6) is 3.59. The monoisotopic (exact) mass is 351 g/mol. The second-order valence-corrected chi connectivity index (χ2v) is 5.33. The summed E-state index contributed by atoms with van der Waals surface area (Å²) in [4.78, 5) is 16.2. The fourth-order valence-corrected chi connectivity index (χ4v) is 2.39. The molecule has 126 valence electrons. The normalized spacial score (nSPS) is 18.6. The number of carbonyl (C=O) groups excluding carboxylic acids is 1. The average Bonchev–Trinajstić information content (AvgIpc) is 2.44. The minimum atomic E-state index is -4.80. The van der Waals surface area contributed by atoms with Crippen LogP contribution in [0.5, 0.6) is 5.75 Å². The van der Waals surface area contributed by atoms with Gasteiger partial charge in [-0.15, -0.1) is 0 Å². The molecule has 0 saturated heterocycles. The van der Waals surface area contributed by atoms with Crippen molar-refractivity contribution in [2.75, 3.05) is 0 Å². The lowest BCUT2D eigenvalue weighted by Gasteiger charge is -2.29. The van der Waals surface area contributed by atoms with Crippen LogP contribution in [0.15, 0.2) is 17.7 Å². The van der Waals surface area contributed by atoms with Crippen LogP contribution in [0.1, 0.15) is 18.1 Å². The fraction of sp³-hybridized carbons (Fsp3) is 0.357. The Morgan fingerprint density at radius 2 is 2.09 bits per heavy atom. The number of benzene rings is 1. The fourth-order valence-electron chi connectivity index (χ4n) is 2.10. The van der Waals surface area contributed by atoms with Crippen molar-refractivity contribution < 1.29 is 32.3 Å². The van der Waals surface area contributed by atoms with E-state index in [1.807, 2.05) is 0 Å². The Morgan fingerprint density at radius 3 is 2.65 bits per heavy atom. The molecule has 1 aromatic rings. The highest BCUT2D eigenvalue weighted by atomic mass is 35.5. The zero-order valence-corrected chi connectivity index (χ0v) is 12.9. The summed E-state index contributed by atoms with van der Waals surface area (Å²) in [5, 5.41) is 0.304. The van der Waals surface area contributed by atoms with E-state index in [2.05, 4.69) is 9.57 Å². The molecule has 0 aliphatic carbocycles. The molecule has 0 saturated carbocycles. The number of hydrogen-bond acceptors (Lipinski definition) is 5. The topological polar surface area (TPSA) is 70.8 Å². The van der Waals surface area contributed by atoms with Crippen molar-refractivity contribution >= 4 is 23.6 Å². The smallest absolute Gasteiger partial charge is 0.430 e. The van der Waals surface area contributed by atoms with E-state index in [0.29, 0.717) is 10.6 Å². The van der Waals surface area contributed by atoms with Crippen LogP contribution in [0.4, 0.5) is 13.2 Å². The number of aryl methyl sites for hydroxylation is 1. The van der Waals surface area contributed by atoms with Gasteiger partial charge < -0.3 is 9.47 Å². The molecule has 2 unspecified atom stereocenters. The molecule has 0 spiro atoms. The Morgan fingerprint density at radius 1 is 1.43 bits per heavy atom. The van der Waals surface area contributed by atoms with Crippen LogP contribution in [0.25, 0.3) is 6.08 Å². The summed E-state index contributed by atoms with van der Waals surface area (Å²) >= 11 is 5.88. The molecule has 1 heterocycles. The lowest BCUT2D eigenvalue weighted by atomic mass is 9.99. The Bertz CT molecular complexity index is 660. The summed E-state index contributed by atoms with van der Waals surface area (Å²) in [6.07, 6.45) is -7.42. The van der Waals surface area contributed by atoms with E-state index in [0.717, 1.165) is 6.08 Å². The second kappa shape index (κ2) is 6.38. The van der Waals surface area contributed by atoms with Gasteiger partial charge >= 0.3 is 12.1 Å². The summed E-state index contributed by atoms with van der Waals surface area (Å²) < 4.78 is 49.3. The third-order valence-corrected chi connectivity index (χ3v) is 3.31. The number of rotatable bonds is 3. The van der Waals surface area contributed by atoms with Gasteiger partial charge in [0, 0.05) is 10.6 Å². The first-order valence-corrected chi connectivity index (χ1v) is 6.83. The van der Waals surface area contributed by atoms with Crippen molar-refractivity contribution in [1.82, 2.24) is 0 Å². The molecule has 0 aromatic heterocycles. The van der Waals surface area contributed by atoms with Crippen LogP contribution in [-0.2, 0) is 14.4 Å². The molecule has 5 nitrogen and oxygen atoms in total. The Kier molecular flexibility index (Phi) is 4.88. The predicted octanol–water partition coefficient (Wildman–Crippen LogP) is 3.13. The van der Waals surface area contributed by atoms with Crippen molar-refractivity contribution in [2.45, 2.75) is 32.4 Å². The van der Waals surface area contributed by atoms with E-state index in [4.69, 9.17) is 22.2 Å². The summed E-state index contributed by atoms with van der Waals surface area (Å²) in [7, 11) is 0. The van der Waals surface area contributed by atoms with E-state index < -0.39 is 30.1 Å². The van der Waals surface area contributed by atoms with Gasteiger partial charge in [0.05, 0.1) is 5.57 Å². The lowest BCUT2D eigenvalue weighted by molar-refractivity contribution is -0.194. The van der Waals surface area contributed by atoms with Gasteiger partial charge in [0.25, 0.3) is 0 Å². The molecule has 1 aliphatic heterocycles. The minimum absolute atomic E-state index is 0.0106. The van der Waals surface area contributed by atoms with Gasteiger partial charge in [0.15, 0.2) is 0 Å². The van der Waals surface area contributed by atoms with Gasteiger partial charge in [-0.3, -0.25) is 4.84 Å². The molecule has 1 aromatic carbocycles. The molecule has 0 bridgehead atoms. The predicted molar refractivity (Wildman–Crippen MR) is 75.5 cm³/mol. The Labute approximate surface area is 134 Å². The third kappa shape index (κ3) is 3.77. The maximum absolute atomic E-state index is 13.2. The van der Waals surface area contributed by atoms with Crippen LogP contribution >= 0.6 is 11.6 Å². The Hall–Kier alpha value is -1.77. The second-order valence-electron chi connectivity index (χ2n) is 4.89. The van der Waals surface area contributed by atoms with Crippen LogP contribution in [0.2, 0.25) is 5.02 Å². The van der Waals surface area contributed by atoms with Crippen LogP contribution < -0.4 is 10.6 Å². The maximum atomic E-state index is 13.2. The zero-order valence-electron chi connectivity index (χ0n) is 12.1. The highest BCUT2D eigenvalue weighted by molar-refractivity contribution is 6.30. The summed E-state index contributed by atoms with van der Waals surface area (Å²) in [6.45, 7) is 2.82. The largest absolute Gasteiger partial charge is 0.475 e. The van der Waals surface area contributed by atoms with Crippen molar-refractivity contribution in [3.63, 3.8) is 0 Å². The minimum Gasteiger partial charge on any atom is -0.475 e. The molecule has 2 atom stereocenters. The van der Waals surface area contributed by atoms with Crippen LogP contribution in [0.3, 0.4) is 0 Å². The molecule has 0 radical (unpaired) electrons. The van der Waals surface area contributed by atoms with E-state index in [-0.39, 0.29) is 11.3 Å². The number of fused-ring (bicyclic) bond motifs is 1. The highest BCUT2D eigenvalue weighted by Crippen LogP contribution is 2.40. The van der Waals surface area contributed by atoms with Gasteiger partial charge in [-0.2, -0.15) is 13.2 Å². The first kappa shape index (κ1) is 17.6. The molecule has 1 aliphatic rings. The van der Waals surface area contributed by atoms with Gasteiger partial charge in [-0.05, 0) is 37.6 Å². The van der Waals surface area contributed by atoms with Crippen molar-refractivity contribution in [1.29, 1.82) is 0 Å². The number of ether oxygens (including phenoxy) is 2. The standard InChI is InChI=1S/C14H13ClF3NO4/c1-6-3-9(15)4-8-5-10(13(20)21-7(2)23-19)12(14(16,17)18)22-11(6)8/h3-5,7,12H,19H2,1-2H3. The molecule has 0 amide bonds. The van der Waals surface area contributed by atoms with Crippen LogP contribution in [-0.4, -0.2) is 24.5 Å². The molecular weight excluding hydrogens is 339 g/mol. The summed E-state index contributed by atoms with van der Waals surface area (Å²) in [5.41, 5.74) is -0.0385. The summed E-state index contributed by atoms with van der Waals surface area (Å²) in [6, 6.07) is 2.86. The van der Waals surface area contributed by atoms with Crippen molar-refractivity contribution in [3.05, 3.63) is 33.9 Å². The number of carbonyl (C=O) groups is 1. The maximum Gasteiger partial charge on any atom is 0.430 e. The molecule has 0 fully saturated rings. The molecule has 2 rings (SSSR count). The zero-order chi connectivity index (χ0) is 17.4. The number of halogens is 4. The average molecular weight is 352 g/mol. The number of esters is 1. The molecule has 9 heteroatoms. The van der Waals surface area contributed by atoms with Crippen LogP contribution in [0, 0.1) is 6.92 Å². The van der Waals surface area contributed by atoms with Gasteiger partial charge in [-0.1, -0.05) is 11.6 Å². The SMILES string of the molecule is Cc1cc(Cl)cc2c1OC(C(F)(F)F)C(C(=O)OC(C)ON)=C2. The molecular formula is C14H13ClF3NO4. The van der Waals surface area contributed by atoms with Crippen molar-refractivity contribution in [2.24, 2.45) is 5.90 Å². The number of hydrogen-bond donors (Lipinski definition) is 1. The molecule has 2 N–H and O–H groups in total. The van der Waals surface area contributed by atoms with Gasteiger partial charge in [0.1, 0.15) is 5.75 Å². The third-order valence-electron chi connectivity index (χ3n) is 3.09. The van der Waals surface area contributed by atoms with E-state index >= 15 is 0 Å². The van der Waals surface area contributed by atoms with E-state index in [9.17, 15) is 18.0 Å². The quantitative estimate of drug-likeness (QED) is 0.514. The first-order chi connectivity index (χ1) is 10.6. The highest BCUT2D eigenvalue weighted by Gasteiger charge is 2.49.